The van der Waals surface area contributed by atoms with E-state index in [1.807, 2.05) is 0 Å². The van der Waals surface area contributed by atoms with E-state index in [4.69, 9.17) is 37.0 Å². The van der Waals surface area contributed by atoms with E-state index < -0.39 is 97.5 Å². The topological polar surface area (TPSA) is 237 Å². The number of phosphoric ester groups is 2. The maximum absolute atomic E-state index is 13.0. The molecule has 0 saturated carbocycles. The van der Waals surface area contributed by atoms with E-state index in [1.165, 1.54) is 135 Å². The van der Waals surface area contributed by atoms with E-state index in [1.54, 1.807) is 0 Å². The quantitative estimate of drug-likeness (QED) is 0.0222. The lowest BCUT2D eigenvalue weighted by Crippen LogP contribution is -2.30. The molecule has 0 aromatic heterocycles. The number of hydrogen-bond donors (Lipinski definition) is 3. The molecule has 0 aliphatic heterocycles. The van der Waals surface area contributed by atoms with Crippen LogP contribution in [0.15, 0.2) is 0 Å². The summed E-state index contributed by atoms with van der Waals surface area (Å²) in [5, 5.41) is 10.5. The molecule has 0 aromatic rings. The van der Waals surface area contributed by atoms with Gasteiger partial charge in [0.2, 0.25) is 0 Å². The normalized spacial score (nSPS) is 14.3. The molecule has 0 bridgehead atoms. The lowest BCUT2D eigenvalue weighted by atomic mass is 10.0. The van der Waals surface area contributed by atoms with Gasteiger partial charge in [-0.3, -0.25) is 37.3 Å². The zero-order valence-electron chi connectivity index (χ0n) is 52.6. The van der Waals surface area contributed by atoms with Gasteiger partial charge < -0.3 is 33.8 Å². The van der Waals surface area contributed by atoms with Crippen LogP contribution in [0.5, 0.6) is 0 Å². The standard InChI is InChI=1S/C63H122O17P2/c1-6-9-12-15-16-17-18-19-20-21-22-23-28-31-34-39-44-49-63(68)80-59(53-74-61(66)47-42-38-33-30-27-25-24-26-29-32-37-40-45-56(4)5)55-78-82(71,72)76-51-57(64)50-75-81(69,70)77-54-58(79-62(67)48-43-36-14-11-8-3)52-73-60(65)46-41-35-13-10-7-2/h56-59,64H,6-55H2,1-5H3,(H,69,70)(H,71,72)/t57-,58+,59+/m0/s1. The minimum Gasteiger partial charge on any atom is -0.462 e. The van der Waals surface area contributed by atoms with Gasteiger partial charge in [-0.2, -0.15) is 0 Å². The number of ether oxygens (including phenoxy) is 4. The lowest BCUT2D eigenvalue weighted by Gasteiger charge is -2.21. The SMILES string of the molecule is CCCCCCCCCCCCCCCCCCCC(=O)O[C@H](COC(=O)CCCCCCCCCCCCCCC(C)C)COP(=O)(O)OC[C@@H](O)COP(=O)(O)OC[C@@H](COC(=O)CCCCCCC)OC(=O)CCCCCCC. The molecule has 0 radical (unpaired) electrons. The Balaban J connectivity index is 5.10. The van der Waals surface area contributed by atoms with Crippen molar-refractivity contribution in [2.24, 2.45) is 5.92 Å². The fourth-order valence-corrected chi connectivity index (χ4v) is 11.0. The van der Waals surface area contributed by atoms with Crippen LogP contribution in [0.1, 0.15) is 317 Å². The van der Waals surface area contributed by atoms with Gasteiger partial charge in [-0.05, 0) is 31.6 Å². The molecule has 0 heterocycles. The van der Waals surface area contributed by atoms with Crippen molar-refractivity contribution in [2.75, 3.05) is 39.6 Å². The molecule has 5 atom stereocenters. The Hall–Kier alpha value is -1.94. The van der Waals surface area contributed by atoms with E-state index >= 15 is 0 Å². The molecule has 3 N–H and O–H groups in total. The van der Waals surface area contributed by atoms with Gasteiger partial charge in [0, 0.05) is 25.7 Å². The molecule has 0 fully saturated rings. The first-order valence-corrected chi connectivity index (χ1v) is 36.1. The number of hydrogen-bond acceptors (Lipinski definition) is 15. The van der Waals surface area contributed by atoms with Crippen LogP contribution < -0.4 is 0 Å². The molecular formula is C63H122O17P2. The van der Waals surface area contributed by atoms with Crippen LogP contribution in [0.3, 0.4) is 0 Å². The number of carbonyl (C=O) groups is 4. The summed E-state index contributed by atoms with van der Waals surface area (Å²) in [5.74, 6) is -1.37. The molecule has 19 heteroatoms. The molecule has 0 saturated heterocycles. The molecule has 0 rings (SSSR count). The van der Waals surface area contributed by atoms with E-state index in [2.05, 4.69) is 34.6 Å². The van der Waals surface area contributed by atoms with Gasteiger partial charge in [-0.25, -0.2) is 9.13 Å². The van der Waals surface area contributed by atoms with Gasteiger partial charge in [-0.15, -0.1) is 0 Å². The average molecular weight is 1210 g/mol. The number of aliphatic hydroxyl groups is 1. The summed E-state index contributed by atoms with van der Waals surface area (Å²) in [5.41, 5.74) is 0. The first-order valence-electron chi connectivity index (χ1n) is 33.1. The predicted octanol–water partition coefficient (Wildman–Crippen LogP) is 17.4. The van der Waals surface area contributed by atoms with Crippen molar-refractivity contribution in [2.45, 2.75) is 335 Å². The average Bonchev–Trinajstić information content (AvgIpc) is 3.46. The summed E-state index contributed by atoms with van der Waals surface area (Å²) in [7, 11) is -9.86. The first-order chi connectivity index (χ1) is 39.5. The highest BCUT2D eigenvalue weighted by Crippen LogP contribution is 2.45. The van der Waals surface area contributed by atoms with Gasteiger partial charge in [-0.1, -0.05) is 266 Å². The maximum Gasteiger partial charge on any atom is 0.472 e. The van der Waals surface area contributed by atoms with Crippen molar-refractivity contribution in [1.82, 2.24) is 0 Å². The Morgan fingerprint density at radius 3 is 0.829 bits per heavy atom. The van der Waals surface area contributed by atoms with E-state index in [0.717, 1.165) is 102 Å². The van der Waals surface area contributed by atoms with Crippen LogP contribution in [-0.2, 0) is 65.4 Å². The zero-order chi connectivity index (χ0) is 60.6. The van der Waals surface area contributed by atoms with Gasteiger partial charge in [0.25, 0.3) is 0 Å². The second-order valence-corrected chi connectivity index (χ2v) is 26.2. The largest absolute Gasteiger partial charge is 0.472 e. The van der Waals surface area contributed by atoms with Crippen LogP contribution in [-0.4, -0.2) is 96.7 Å². The Morgan fingerprint density at radius 2 is 0.561 bits per heavy atom. The van der Waals surface area contributed by atoms with E-state index in [9.17, 15) is 43.2 Å². The second-order valence-electron chi connectivity index (χ2n) is 23.3. The molecule has 0 aromatic carbocycles. The Bertz CT molecular complexity index is 1600. The summed E-state index contributed by atoms with van der Waals surface area (Å²) in [6.07, 6.45) is 41.2. The first kappa shape index (κ1) is 80.1. The van der Waals surface area contributed by atoms with Crippen molar-refractivity contribution in [3.63, 3.8) is 0 Å². The van der Waals surface area contributed by atoms with Crippen LogP contribution in [0.2, 0.25) is 0 Å². The Kier molecular flexibility index (Phi) is 55.5. The highest BCUT2D eigenvalue weighted by molar-refractivity contribution is 7.47. The van der Waals surface area contributed by atoms with Crippen molar-refractivity contribution >= 4 is 39.5 Å². The minimum absolute atomic E-state index is 0.0989. The zero-order valence-corrected chi connectivity index (χ0v) is 54.4. The number of carbonyl (C=O) groups excluding carboxylic acids is 4. The number of aliphatic hydroxyl groups excluding tert-OH is 1. The third kappa shape index (κ3) is 57.2. The molecule has 17 nitrogen and oxygen atoms in total. The summed E-state index contributed by atoms with van der Waals surface area (Å²) >= 11 is 0. The third-order valence-electron chi connectivity index (χ3n) is 14.5. The lowest BCUT2D eigenvalue weighted by molar-refractivity contribution is -0.161. The number of rotatable bonds is 63. The van der Waals surface area contributed by atoms with Crippen molar-refractivity contribution in [3.8, 4) is 0 Å². The van der Waals surface area contributed by atoms with Crippen molar-refractivity contribution in [1.29, 1.82) is 0 Å². The van der Waals surface area contributed by atoms with Gasteiger partial charge >= 0.3 is 39.5 Å². The molecule has 0 aliphatic carbocycles. The van der Waals surface area contributed by atoms with Crippen LogP contribution in [0.25, 0.3) is 0 Å². The monoisotopic (exact) mass is 1210 g/mol. The van der Waals surface area contributed by atoms with E-state index in [-0.39, 0.29) is 25.7 Å². The van der Waals surface area contributed by atoms with Crippen LogP contribution in [0.4, 0.5) is 0 Å². The number of phosphoric acid groups is 2. The van der Waals surface area contributed by atoms with Crippen molar-refractivity contribution in [3.05, 3.63) is 0 Å². The fourth-order valence-electron chi connectivity index (χ4n) is 9.41. The smallest absolute Gasteiger partial charge is 0.462 e. The molecular weight excluding hydrogens is 1090 g/mol. The molecule has 486 valence electrons. The third-order valence-corrected chi connectivity index (χ3v) is 16.4. The van der Waals surface area contributed by atoms with Gasteiger partial charge in [0.15, 0.2) is 12.2 Å². The summed E-state index contributed by atoms with van der Waals surface area (Å²) < 4.78 is 67.5. The van der Waals surface area contributed by atoms with Crippen LogP contribution >= 0.6 is 15.6 Å². The minimum atomic E-state index is -4.94. The summed E-state index contributed by atoms with van der Waals surface area (Å²) in [6, 6.07) is 0. The molecule has 0 amide bonds. The number of unbranched alkanes of at least 4 members (excludes halogenated alkanes) is 35. The summed E-state index contributed by atoms with van der Waals surface area (Å²) in [6.45, 7) is 7.02. The highest BCUT2D eigenvalue weighted by atomic mass is 31.2. The molecule has 82 heavy (non-hydrogen) atoms. The second kappa shape index (κ2) is 56.8. The van der Waals surface area contributed by atoms with Gasteiger partial charge in [0.1, 0.15) is 19.3 Å². The van der Waals surface area contributed by atoms with Crippen LogP contribution in [0, 0.1) is 5.92 Å². The summed E-state index contributed by atoms with van der Waals surface area (Å²) in [4.78, 5) is 71.7. The van der Waals surface area contributed by atoms with Crippen molar-refractivity contribution < 1.29 is 80.2 Å². The molecule has 0 spiro atoms. The highest BCUT2D eigenvalue weighted by Gasteiger charge is 2.30. The van der Waals surface area contributed by atoms with Gasteiger partial charge in [0.05, 0.1) is 26.4 Å². The number of esters is 4. The maximum atomic E-state index is 13.0. The molecule has 0 aliphatic rings. The van der Waals surface area contributed by atoms with E-state index in [0.29, 0.717) is 25.7 Å². The Morgan fingerprint density at radius 1 is 0.329 bits per heavy atom. The Labute approximate surface area is 498 Å². The molecule has 2 unspecified atom stereocenters. The predicted molar refractivity (Wildman–Crippen MR) is 326 cm³/mol. The fraction of sp³-hybridized carbons (Fsp3) is 0.937.